The normalized spacial score (nSPS) is 27.5. The SMILES string of the molecule is CC1CC1C(c1ccccc1)C(C)(C)S. The Balaban J connectivity index is 2.28. The fourth-order valence-electron chi connectivity index (χ4n) is 2.65. The predicted molar refractivity (Wildman–Crippen MR) is 69.5 cm³/mol. The minimum absolute atomic E-state index is 0.0801. The van der Waals surface area contributed by atoms with Gasteiger partial charge in [0.05, 0.1) is 0 Å². The van der Waals surface area contributed by atoms with E-state index in [4.69, 9.17) is 12.6 Å². The first-order chi connectivity index (χ1) is 7.00. The third-order valence-electron chi connectivity index (χ3n) is 3.52. The van der Waals surface area contributed by atoms with Crippen LogP contribution in [0.15, 0.2) is 30.3 Å². The molecule has 0 aliphatic heterocycles. The number of benzene rings is 1. The van der Waals surface area contributed by atoms with Crippen LogP contribution >= 0.6 is 12.6 Å². The molecule has 1 heteroatoms. The van der Waals surface area contributed by atoms with Crippen molar-refractivity contribution in [3.05, 3.63) is 35.9 Å². The number of rotatable bonds is 3. The molecule has 2 rings (SSSR count). The van der Waals surface area contributed by atoms with Crippen molar-refractivity contribution in [3.8, 4) is 0 Å². The second kappa shape index (κ2) is 3.86. The summed E-state index contributed by atoms with van der Waals surface area (Å²) in [5, 5.41) is 0. The van der Waals surface area contributed by atoms with Crippen molar-refractivity contribution in [1.82, 2.24) is 0 Å². The summed E-state index contributed by atoms with van der Waals surface area (Å²) in [5.41, 5.74) is 1.45. The highest BCUT2D eigenvalue weighted by atomic mass is 32.1. The molecular weight excluding hydrogens is 200 g/mol. The summed E-state index contributed by atoms with van der Waals surface area (Å²) < 4.78 is 0.0801. The molecule has 15 heavy (non-hydrogen) atoms. The van der Waals surface area contributed by atoms with Gasteiger partial charge in [0, 0.05) is 10.7 Å². The van der Waals surface area contributed by atoms with E-state index < -0.39 is 0 Å². The molecule has 0 spiro atoms. The average molecular weight is 220 g/mol. The van der Waals surface area contributed by atoms with Crippen molar-refractivity contribution in [3.63, 3.8) is 0 Å². The van der Waals surface area contributed by atoms with Gasteiger partial charge in [0.15, 0.2) is 0 Å². The van der Waals surface area contributed by atoms with Gasteiger partial charge in [-0.3, -0.25) is 0 Å². The molecule has 3 unspecified atom stereocenters. The van der Waals surface area contributed by atoms with Crippen LogP contribution in [0.25, 0.3) is 0 Å². The maximum absolute atomic E-state index is 4.78. The molecule has 0 bridgehead atoms. The number of hydrogen-bond donors (Lipinski definition) is 1. The van der Waals surface area contributed by atoms with Crippen LogP contribution in [-0.4, -0.2) is 4.75 Å². The molecule has 1 aromatic carbocycles. The van der Waals surface area contributed by atoms with E-state index in [0.717, 1.165) is 11.8 Å². The predicted octanol–water partition coefficient (Wildman–Crippen LogP) is 4.13. The Labute approximate surface area is 98.5 Å². The topological polar surface area (TPSA) is 0 Å². The second-order valence-corrected chi connectivity index (χ2v) is 6.57. The van der Waals surface area contributed by atoms with E-state index in [2.05, 4.69) is 51.1 Å². The van der Waals surface area contributed by atoms with Crippen molar-refractivity contribution >= 4 is 12.6 Å². The van der Waals surface area contributed by atoms with E-state index in [1.807, 2.05) is 0 Å². The van der Waals surface area contributed by atoms with E-state index in [-0.39, 0.29) is 4.75 Å². The first kappa shape index (κ1) is 11.1. The van der Waals surface area contributed by atoms with Crippen molar-refractivity contribution in [1.29, 1.82) is 0 Å². The van der Waals surface area contributed by atoms with Crippen molar-refractivity contribution < 1.29 is 0 Å². The van der Waals surface area contributed by atoms with Crippen molar-refractivity contribution in [2.24, 2.45) is 11.8 Å². The first-order valence-corrected chi connectivity index (χ1v) is 6.22. The first-order valence-electron chi connectivity index (χ1n) is 5.77. The summed E-state index contributed by atoms with van der Waals surface area (Å²) in [6.45, 7) is 6.82. The van der Waals surface area contributed by atoms with Gasteiger partial charge < -0.3 is 0 Å². The average Bonchev–Trinajstić information content (AvgIpc) is 2.82. The minimum atomic E-state index is 0.0801. The maximum atomic E-state index is 4.78. The molecule has 0 aromatic heterocycles. The lowest BCUT2D eigenvalue weighted by atomic mass is 9.83. The van der Waals surface area contributed by atoms with Gasteiger partial charge in [0.1, 0.15) is 0 Å². The number of hydrogen-bond acceptors (Lipinski definition) is 1. The third kappa shape index (κ3) is 2.39. The van der Waals surface area contributed by atoms with Crippen molar-refractivity contribution in [2.45, 2.75) is 37.9 Å². The fourth-order valence-corrected chi connectivity index (χ4v) is 3.00. The fraction of sp³-hybridized carbons (Fsp3) is 0.571. The molecule has 1 aliphatic rings. The molecule has 0 heterocycles. The highest BCUT2D eigenvalue weighted by molar-refractivity contribution is 7.81. The molecule has 1 aromatic rings. The summed E-state index contributed by atoms with van der Waals surface area (Å²) in [7, 11) is 0. The molecular formula is C14H20S. The summed E-state index contributed by atoms with van der Waals surface area (Å²) >= 11 is 4.78. The van der Waals surface area contributed by atoms with Crippen molar-refractivity contribution in [2.75, 3.05) is 0 Å². The second-order valence-electron chi connectivity index (χ2n) is 5.42. The molecule has 0 saturated heterocycles. The van der Waals surface area contributed by atoms with E-state index in [1.54, 1.807) is 0 Å². The lowest BCUT2D eigenvalue weighted by Gasteiger charge is -2.30. The molecule has 1 aliphatic carbocycles. The molecule has 3 atom stereocenters. The molecule has 0 N–H and O–H groups in total. The number of thiol groups is 1. The van der Waals surface area contributed by atoms with E-state index >= 15 is 0 Å². The Bertz CT molecular complexity index is 323. The van der Waals surface area contributed by atoms with Gasteiger partial charge in [-0.1, -0.05) is 51.1 Å². The zero-order chi connectivity index (χ0) is 11.1. The maximum Gasteiger partial charge on any atom is 0.0144 e. The van der Waals surface area contributed by atoms with Crippen LogP contribution in [0.2, 0.25) is 0 Å². The van der Waals surface area contributed by atoms with Gasteiger partial charge in [0.25, 0.3) is 0 Å². The van der Waals surface area contributed by atoms with Crippen LogP contribution in [0.3, 0.4) is 0 Å². The van der Waals surface area contributed by atoms with Gasteiger partial charge in [-0.15, -0.1) is 0 Å². The quantitative estimate of drug-likeness (QED) is 0.727. The monoisotopic (exact) mass is 220 g/mol. The lowest BCUT2D eigenvalue weighted by molar-refractivity contribution is 0.474. The highest BCUT2D eigenvalue weighted by Gasteiger charge is 2.45. The van der Waals surface area contributed by atoms with Crippen LogP contribution in [0.1, 0.15) is 38.7 Å². The van der Waals surface area contributed by atoms with Crippen LogP contribution in [-0.2, 0) is 0 Å². The van der Waals surface area contributed by atoms with Gasteiger partial charge in [-0.25, -0.2) is 0 Å². The third-order valence-corrected chi connectivity index (χ3v) is 3.80. The minimum Gasteiger partial charge on any atom is -0.172 e. The Morgan fingerprint density at radius 1 is 1.27 bits per heavy atom. The molecule has 1 fully saturated rings. The highest BCUT2D eigenvalue weighted by Crippen LogP contribution is 2.53. The molecule has 0 amide bonds. The van der Waals surface area contributed by atoms with E-state index in [1.165, 1.54) is 12.0 Å². The summed E-state index contributed by atoms with van der Waals surface area (Å²) in [4.78, 5) is 0. The zero-order valence-corrected chi connectivity index (χ0v) is 10.7. The Morgan fingerprint density at radius 2 is 1.80 bits per heavy atom. The molecule has 82 valence electrons. The summed E-state index contributed by atoms with van der Waals surface area (Å²) in [6, 6.07) is 10.8. The Kier molecular flexibility index (Phi) is 2.85. The standard InChI is InChI=1S/C14H20S/c1-10-9-12(10)13(14(2,3)15)11-7-5-4-6-8-11/h4-8,10,12-13,15H,9H2,1-3H3. The summed E-state index contributed by atoms with van der Waals surface area (Å²) in [6.07, 6.45) is 1.36. The zero-order valence-electron chi connectivity index (χ0n) is 9.77. The molecule has 0 radical (unpaired) electrons. The van der Waals surface area contributed by atoms with E-state index in [9.17, 15) is 0 Å². The van der Waals surface area contributed by atoms with Gasteiger partial charge >= 0.3 is 0 Å². The largest absolute Gasteiger partial charge is 0.172 e. The van der Waals surface area contributed by atoms with E-state index in [0.29, 0.717) is 5.92 Å². The summed E-state index contributed by atoms with van der Waals surface area (Å²) in [5.74, 6) is 2.30. The Morgan fingerprint density at radius 3 is 2.20 bits per heavy atom. The Hall–Kier alpha value is -0.430. The van der Waals surface area contributed by atoms with Crippen LogP contribution in [0, 0.1) is 11.8 Å². The van der Waals surface area contributed by atoms with Crippen LogP contribution in [0.4, 0.5) is 0 Å². The van der Waals surface area contributed by atoms with Gasteiger partial charge in [0.2, 0.25) is 0 Å². The molecule has 0 nitrogen and oxygen atoms in total. The smallest absolute Gasteiger partial charge is 0.0144 e. The van der Waals surface area contributed by atoms with Crippen LogP contribution < -0.4 is 0 Å². The molecule has 1 saturated carbocycles. The van der Waals surface area contributed by atoms with Crippen LogP contribution in [0.5, 0.6) is 0 Å². The lowest BCUT2D eigenvalue weighted by Crippen LogP contribution is -2.25. The van der Waals surface area contributed by atoms with Gasteiger partial charge in [-0.2, -0.15) is 12.6 Å². The van der Waals surface area contributed by atoms with Gasteiger partial charge in [-0.05, 0) is 23.8 Å².